The summed E-state index contributed by atoms with van der Waals surface area (Å²) in [6.45, 7) is 2.37. The van der Waals surface area contributed by atoms with Gasteiger partial charge in [-0.05, 0) is 31.6 Å². The first-order valence-electron chi connectivity index (χ1n) is 6.39. The van der Waals surface area contributed by atoms with Gasteiger partial charge in [-0.25, -0.2) is 0 Å². The van der Waals surface area contributed by atoms with E-state index in [0.717, 1.165) is 18.5 Å². The fraction of sp³-hybridized carbons (Fsp3) is 0.846. The molecule has 86 valence electrons. The third-order valence-corrected chi connectivity index (χ3v) is 3.89. The van der Waals surface area contributed by atoms with E-state index in [9.17, 15) is 0 Å². The highest BCUT2D eigenvalue weighted by Gasteiger charge is 2.28. The van der Waals surface area contributed by atoms with E-state index in [4.69, 9.17) is 11.6 Å². The molecule has 0 heterocycles. The number of rotatable bonds is 5. The van der Waals surface area contributed by atoms with Crippen molar-refractivity contribution in [3.05, 3.63) is 11.6 Å². The van der Waals surface area contributed by atoms with Crippen LogP contribution in [0.15, 0.2) is 11.6 Å². The van der Waals surface area contributed by atoms with Crippen molar-refractivity contribution in [1.29, 1.82) is 0 Å². The van der Waals surface area contributed by atoms with Crippen molar-refractivity contribution in [1.82, 2.24) is 4.90 Å². The Bertz CT molecular complexity index is 205. The SMILES string of the molecule is ClC=CCN(CC1CC1)C1CCCCC1. The average molecular weight is 228 g/mol. The molecule has 0 N–H and O–H groups in total. The second kappa shape index (κ2) is 5.91. The molecule has 0 aromatic heterocycles. The van der Waals surface area contributed by atoms with Crippen molar-refractivity contribution < 1.29 is 0 Å². The molecule has 0 aromatic rings. The quantitative estimate of drug-likeness (QED) is 0.691. The molecule has 0 amide bonds. The van der Waals surface area contributed by atoms with Crippen LogP contribution >= 0.6 is 11.6 Å². The lowest BCUT2D eigenvalue weighted by atomic mass is 9.94. The van der Waals surface area contributed by atoms with Crippen LogP contribution in [0.4, 0.5) is 0 Å². The van der Waals surface area contributed by atoms with E-state index in [1.807, 2.05) is 0 Å². The van der Waals surface area contributed by atoms with E-state index in [1.54, 1.807) is 5.54 Å². The lowest BCUT2D eigenvalue weighted by Crippen LogP contribution is -2.38. The Hall–Kier alpha value is -0.0100. The van der Waals surface area contributed by atoms with E-state index in [0.29, 0.717) is 0 Å². The Labute approximate surface area is 98.5 Å². The van der Waals surface area contributed by atoms with Gasteiger partial charge in [-0.15, -0.1) is 0 Å². The Kier molecular flexibility index (Phi) is 4.52. The van der Waals surface area contributed by atoms with Gasteiger partial charge < -0.3 is 0 Å². The van der Waals surface area contributed by atoms with Crippen molar-refractivity contribution >= 4 is 11.6 Å². The number of halogens is 1. The van der Waals surface area contributed by atoms with Gasteiger partial charge in [-0.2, -0.15) is 0 Å². The molecule has 0 bridgehead atoms. The molecule has 0 radical (unpaired) electrons. The molecule has 2 heteroatoms. The highest BCUT2D eigenvalue weighted by molar-refractivity contribution is 6.25. The van der Waals surface area contributed by atoms with Gasteiger partial charge in [-0.3, -0.25) is 4.90 Å². The molecule has 15 heavy (non-hydrogen) atoms. The van der Waals surface area contributed by atoms with Crippen molar-refractivity contribution in [2.24, 2.45) is 5.92 Å². The summed E-state index contributed by atoms with van der Waals surface area (Å²) in [7, 11) is 0. The highest BCUT2D eigenvalue weighted by Crippen LogP contribution is 2.32. The van der Waals surface area contributed by atoms with Gasteiger partial charge >= 0.3 is 0 Å². The maximum atomic E-state index is 5.63. The molecule has 0 saturated heterocycles. The summed E-state index contributed by atoms with van der Waals surface area (Å²) in [5.74, 6) is 0.996. The minimum Gasteiger partial charge on any atom is -0.296 e. The van der Waals surface area contributed by atoms with Crippen LogP contribution in [0.25, 0.3) is 0 Å². The second-order valence-electron chi connectivity index (χ2n) is 5.05. The maximum Gasteiger partial charge on any atom is 0.0177 e. The first-order chi connectivity index (χ1) is 7.40. The van der Waals surface area contributed by atoms with Gasteiger partial charge in [-0.1, -0.05) is 36.9 Å². The van der Waals surface area contributed by atoms with E-state index in [-0.39, 0.29) is 0 Å². The van der Waals surface area contributed by atoms with E-state index in [1.165, 1.54) is 51.5 Å². The van der Waals surface area contributed by atoms with Gasteiger partial charge in [0.2, 0.25) is 0 Å². The van der Waals surface area contributed by atoms with E-state index in [2.05, 4.69) is 11.0 Å². The van der Waals surface area contributed by atoms with Crippen molar-refractivity contribution in [2.45, 2.75) is 51.0 Å². The predicted octanol–water partition coefficient (Wildman–Crippen LogP) is 3.78. The van der Waals surface area contributed by atoms with E-state index >= 15 is 0 Å². The second-order valence-corrected chi connectivity index (χ2v) is 5.30. The Morgan fingerprint density at radius 1 is 1.07 bits per heavy atom. The molecular weight excluding hydrogens is 206 g/mol. The average Bonchev–Trinajstić information content (AvgIpc) is 3.09. The number of hydrogen-bond acceptors (Lipinski definition) is 1. The molecule has 2 saturated carbocycles. The smallest absolute Gasteiger partial charge is 0.0177 e. The first kappa shape index (κ1) is 11.5. The van der Waals surface area contributed by atoms with Crippen LogP contribution in [0, 0.1) is 5.92 Å². The molecule has 0 spiro atoms. The van der Waals surface area contributed by atoms with Crippen LogP contribution in [-0.4, -0.2) is 24.0 Å². The summed E-state index contributed by atoms with van der Waals surface area (Å²) in [6.07, 6.45) is 12.1. The molecule has 0 unspecified atom stereocenters. The van der Waals surface area contributed by atoms with Crippen LogP contribution in [0.1, 0.15) is 44.9 Å². The Morgan fingerprint density at radius 2 is 1.80 bits per heavy atom. The summed E-state index contributed by atoms with van der Waals surface area (Å²) >= 11 is 5.63. The van der Waals surface area contributed by atoms with Crippen molar-refractivity contribution in [2.75, 3.05) is 13.1 Å². The summed E-state index contributed by atoms with van der Waals surface area (Å²) in [4.78, 5) is 2.66. The van der Waals surface area contributed by atoms with Gasteiger partial charge in [0, 0.05) is 24.7 Å². The summed E-state index contributed by atoms with van der Waals surface area (Å²) in [5, 5.41) is 0. The van der Waals surface area contributed by atoms with Gasteiger partial charge in [0.15, 0.2) is 0 Å². The Morgan fingerprint density at radius 3 is 2.40 bits per heavy atom. The third kappa shape index (κ3) is 3.81. The molecule has 2 fully saturated rings. The lowest BCUT2D eigenvalue weighted by molar-refractivity contribution is 0.166. The standard InChI is InChI=1S/C13H22ClN/c14-9-4-10-15(11-12-7-8-12)13-5-2-1-3-6-13/h4,9,12-13H,1-3,5-8,10-11H2. The fourth-order valence-electron chi connectivity index (χ4n) is 2.63. The molecule has 0 aromatic carbocycles. The number of nitrogens with zero attached hydrogens (tertiary/aromatic N) is 1. The van der Waals surface area contributed by atoms with Crippen LogP contribution < -0.4 is 0 Å². The summed E-state index contributed by atoms with van der Waals surface area (Å²) < 4.78 is 0. The zero-order valence-electron chi connectivity index (χ0n) is 9.50. The lowest BCUT2D eigenvalue weighted by Gasteiger charge is -2.33. The van der Waals surface area contributed by atoms with Gasteiger partial charge in [0.25, 0.3) is 0 Å². The maximum absolute atomic E-state index is 5.63. The van der Waals surface area contributed by atoms with Gasteiger partial charge in [0.05, 0.1) is 0 Å². The monoisotopic (exact) mass is 227 g/mol. The molecule has 0 atom stereocenters. The molecule has 2 aliphatic carbocycles. The van der Waals surface area contributed by atoms with Crippen LogP contribution in [0.3, 0.4) is 0 Å². The molecule has 0 aliphatic heterocycles. The van der Waals surface area contributed by atoms with Gasteiger partial charge in [0.1, 0.15) is 0 Å². The molecule has 1 nitrogen and oxygen atoms in total. The Balaban J connectivity index is 1.83. The zero-order chi connectivity index (χ0) is 10.5. The number of hydrogen-bond donors (Lipinski definition) is 0. The first-order valence-corrected chi connectivity index (χ1v) is 6.83. The third-order valence-electron chi connectivity index (χ3n) is 3.71. The zero-order valence-corrected chi connectivity index (χ0v) is 10.3. The van der Waals surface area contributed by atoms with Crippen molar-refractivity contribution in [3.8, 4) is 0 Å². The molecule has 2 rings (SSSR count). The highest BCUT2D eigenvalue weighted by atomic mass is 35.5. The van der Waals surface area contributed by atoms with Crippen LogP contribution in [0.2, 0.25) is 0 Å². The largest absolute Gasteiger partial charge is 0.296 e. The van der Waals surface area contributed by atoms with E-state index < -0.39 is 0 Å². The minimum absolute atomic E-state index is 0.840. The van der Waals surface area contributed by atoms with Crippen molar-refractivity contribution in [3.63, 3.8) is 0 Å². The molecule has 2 aliphatic rings. The normalized spacial score (nSPS) is 24.1. The predicted molar refractivity (Wildman–Crippen MR) is 66.2 cm³/mol. The topological polar surface area (TPSA) is 3.24 Å². The fourth-order valence-corrected chi connectivity index (χ4v) is 2.71. The summed E-state index contributed by atoms with van der Waals surface area (Å²) in [5.41, 5.74) is 1.67. The van der Waals surface area contributed by atoms with Crippen LogP contribution in [-0.2, 0) is 0 Å². The molecular formula is C13H22ClN. The van der Waals surface area contributed by atoms with Crippen LogP contribution in [0.5, 0.6) is 0 Å². The summed E-state index contributed by atoms with van der Waals surface area (Å²) in [6, 6.07) is 0.840. The minimum atomic E-state index is 0.840.